The van der Waals surface area contributed by atoms with E-state index in [2.05, 4.69) is 21.2 Å². The van der Waals surface area contributed by atoms with Gasteiger partial charge in [0.25, 0.3) is 0 Å². The van der Waals surface area contributed by atoms with Crippen molar-refractivity contribution in [2.45, 2.75) is 51.8 Å². The number of likely N-dealkylation sites (tertiary alicyclic amines) is 1. The molecule has 0 bridgehead atoms. The van der Waals surface area contributed by atoms with Crippen molar-refractivity contribution in [2.75, 3.05) is 13.1 Å². The van der Waals surface area contributed by atoms with Crippen LogP contribution in [-0.4, -0.2) is 35.7 Å². The molecule has 23 heavy (non-hydrogen) atoms. The molecule has 1 aliphatic rings. The summed E-state index contributed by atoms with van der Waals surface area (Å²) in [5.74, 6) is -0.227. The summed E-state index contributed by atoms with van der Waals surface area (Å²) in [7, 11) is 0. The molecular weight excluding hydrogens is 363 g/mol. The number of hydrogen-bond acceptors (Lipinski definition) is 3. The first-order valence-corrected chi connectivity index (χ1v) is 8.64. The Morgan fingerprint density at radius 1 is 1.48 bits per heavy atom. The number of nitrogens with one attached hydrogen (secondary N) is 1. The predicted molar refractivity (Wildman–Crippen MR) is 91.9 cm³/mol. The lowest BCUT2D eigenvalue weighted by Gasteiger charge is -2.25. The van der Waals surface area contributed by atoms with Crippen LogP contribution in [0.25, 0.3) is 0 Å². The molecule has 1 aromatic carbocycles. The Morgan fingerprint density at radius 3 is 2.83 bits per heavy atom. The molecule has 0 spiro atoms. The molecule has 2 rings (SSSR count). The zero-order chi connectivity index (χ0) is 17.2. The van der Waals surface area contributed by atoms with Gasteiger partial charge >= 0.3 is 6.09 Å². The fourth-order valence-electron chi connectivity index (χ4n) is 2.68. The summed E-state index contributed by atoms with van der Waals surface area (Å²) in [5.41, 5.74) is 0.130. The summed E-state index contributed by atoms with van der Waals surface area (Å²) in [6.07, 6.45) is 0.544. The molecule has 0 aliphatic carbocycles. The van der Waals surface area contributed by atoms with E-state index in [0.29, 0.717) is 18.7 Å². The quantitative estimate of drug-likeness (QED) is 0.843. The fourth-order valence-corrected chi connectivity index (χ4v) is 3.06. The number of halogens is 2. The number of nitrogens with zero attached hydrogens (tertiary/aromatic N) is 1. The molecule has 2 atom stereocenters. The molecule has 1 heterocycles. The Morgan fingerprint density at radius 2 is 2.17 bits per heavy atom. The van der Waals surface area contributed by atoms with Crippen molar-refractivity contribution in [3.63, 3.8) is 0 Å². The van der Waals surface area contributed by atoms with E-state index in [0.717, 1.165) is 10.9 Å². The maximum absolute atomic E-state index is 13.9. The van der Waals surface area contributed by atoms with E-state index in [9.17, 15) is 9.18 Å². The summed E-state index contributed by atoms with van der Waals surface area (Å²) in [4.78, 5) is 13.8. The third-order valence-corrected chi connectivity index (χ3v) is 4.24. The normalized spacial score (nSPS) is 19.7. The Kier molecular flexibility index (Phi) is 5.68. The number of benzene rings is 1. The van der Waals surface area contributed by atoms with Crippen molar-refractivity contribution in [1.29, 1.82) is 0 Å². The molecule has 128 valence electrons. The molecule has 1 N–H and O–H groups in total. The van der Waals surface area contributed by atoms with E-state index < -0.39 is 5.60 Å². The van der Waals surface area contributed by atoms with Gasteiger partial charge in [0.05, 0.1) is 0 Å². The van der Waals surface area contributed by atoms with E-state index in [4.69, 9.17) is 4.74 Å². The summed E-state index contributed by atoms with van der Waals surface area (Å²) in [6, 6.07) is 4.94. The van der Waals surface area contributed by atoms with Gasteiger partial charge in [0, 0.05) is 35.2 Å². The van der Waals surface area contributed by atoms with Crippen LogP contribution in [0.2, 0.25) is 0 Å². The number of amides is 1. The summed E-state index contributed by atoms with van der Waals surface area (Å²) < 4.78 is 20.2. The van der Waals surface area contributed by atoms with Crippen LogP contribution < -0.4 is 5.32 Å². The highest BCUT2D eigenvalue weighted by atomic mass is 79.9. The van der Waals surface area contributed by atoms with Crippen LogP contribution in [-0.2, 0) is 4.74 Å². The second-order valence-electron chi connectivity index (χ2n) is 6.97. The highest BCUT2D eigenvalue weighted by Crippen LogP contribution is 2.23. The van der Waals surface area contributed by atoms with Gasteiger partial charge in [-0.3, -0.25) is 0 Å². The van der Waals surface area contributed by atoms with Crippen LogP contribution in [0, 0.1) is 5.82 Å². The van der Waals surface area contributed by atoms with Gasteiger partial charge in [-0.05, 0) is 52.3 Å². The molecule has 1 aromatic rings. The number of carbonyl (C=O) groups is 1. The number of carbonyl (C=O) groups excluding carboxylic acids is 1. The van der Waals surface area contributed by atoms with Crippen molar-refractivity contribution >= 4 is 22.0 Å². The van der Waals surface area contributed by atoms with Gasteiger partial charge in [-0.25, -0.2) is 9.18 Å². The minimum atomic E-state index is -0.491. The monoisotopic (exact) mass is 386 g/mol. The van der Waals surface area contributed by atoms with Crippen molar-refractivity contribution in [3.8, 4) is 0 Å². The largest absolute Gasteiger partial charge is 0.444 e. The Balaban J connectivity index is 1.92. The minimum Gasteiger partial charge on any atom is -0.444 e. The summed E-state index contributed by atoms with van der Waals surface area (Å²) >= 11 is 3.37. The molecule has 1 aliphatic heterocycles. The predicted octanol–water partition coefficient (Wildman–Crippen LogP) is 4.25. The average Bonchev–Trinajstić information content (AvgIpc) is 2.88. The van der Waals surface area contributed by atoms with Gasteiger partial charge in [0.2, 0.25) is 0 Å². The van der Waals surface area contributed by atoms with Crippen LogP contribution in [0.5, 0.6) is 0 Å². The van der Waals surface area contributed by atoms with Crippen LogP contribution in [0.15, 0.2) is 22.7 Å². The second kappa shape index (κ2) is 7.18. The third-order valence-electron chi connectivity index (χ3n) is 3.75. The zero-order valence-corrected chi connectivity index (χ0v) is 15.6. The number of ether oxygens (including phenoxy) is 1. The Bertz CT molecular complexity index is 574. The molecular formula is C17H24BrFN2O2. The first-order valence-electron chi connectivity index (χ1n) is 7.84. The highest BCUT2D eigenvalue weighted by molar-refractivity contribution is 9.10. The average molecular weight is 387 g/mol. The maximum Gasteiger partial charge on any atom is 0.410 e. The molecule has 6 heteroatoms. The fraction of sp³-hybridized carbons (Fsp3) is 0.588. The maximum atomic E-state index is 13.9. The second-order valence-corrected chi connectivity index (χ2v) is 7.88. The van der Waals surface area contributed by atoms with Crippen LogP contribution in [0.1, 0.15) is 45.7 Å². The molecule has 0 aromatic heterocycles. The smallest absolute Gasteiger partial charge is 0.410 e. The van der Waals surface area contributed by atoms with Crippen molar-refractivity contribution in [1.82, 2.24) is 10.2 Å². The molecule has 4 nitrogen and oxygen atoms in total. The van der Waals surface area contributed by atoms with Gasteiger partial charge in [0.15, 0.2) is 0 Å². The number of rotatable bonds is 3. The molecule has 1 amide bonds. The molecule has 1 fully saturated rings. The van der Waals surface area contributed by atoms with Crippen molar-refractivity contribution in [3.05, 3.63) is 34.1 Å². The first-order chi connectivity index (χ1) is 10.7. The SMILES string of the molecule is CC(NC1CCN(C(=O)OC(C)(C)C)C1)c1cc(Br)ccc1F. The van der Waals surface area contributed by atoms with E-state index >= 15 is 0 Å². The topological polar surface area (TPSA) is 41.6 Å². The van der Waals surface area contributed by atoms with Gasteiger partial charge < -0.3 is 15.0 Å². The lowest BCUT2D eigenvalue weighted by molar-refractivity contribution is 0.0290. The van der Waals surface area contributed by atoms with Crippen molar-refractivity contribution in [2.24, 2.45) is 0 Å². The summed E-state index contributed by atoms with van der Waals surface area (Å²) in [6.45, 7) is 8.73. The van der Waals surface area contributed by atoms with Gasteiger partial charge in [-0.1, -0.05) is 15.9 Å². The third kappa shape index (κ3) is 5.18. The van der Waals surface area contributed by atoms with E-state index in [1.807, 2.05) is 27.7 Å². The van der Waals surface area contributed by atoms with Crippen LogP contribution >= 0.6 is 15.9 Å². The Labute approximate surface area is 145 Å². The molecule has 0 radical (unpaired) electrons. The number of hydrogen-bond donors (Lipinski definition) is 1. The molecule has 1 saturated heterocycles. The van der Waals surface area contributed by atoms with Crippen LogP contribution in [0.3, 0.4) is 0 Å². The molecule has 0 saturated carbocycles. The highest BCUT2D eigenvalue weighted by Gasteiger charge is 2.30. The minimum absolute atomic E-state index is 0.129. The van der Waals surface area contributed by atoms with Gasteiger partial charge in [-0.2, -0.15) is 0 Å². The van der Waals surface area contributed by atoms with Gasteiger partial charge in [0.1, 0.15) is 11.4 Å². The standard InChI is InChI=1S/C17H24BrFN2O2/c1-11(14-9-12(18)5-6-15(14)19)20-13-7-8-21(10-13)16(22)23-17(2,3)4/h5-6,9,11,13,20H,7-8,10H2,1-4H3. The van der Waals surface area contributed by atoms with Gasteiger partial charge in [-0.15, -0.1) is 0 Å². The summed E-state index contributed by atoms with van der Waals surface area (Å²) in [5, 5.41) is 3.40. The molecule has 2 unspecified atom stereocenters. The lowest BCUT2D eigenvalue weighted by atomic mass is 10.1. The lowest BCUT2D eigenvalue weighted by Crippen LogP contribution is -2.39. The van der Waals surface area contributed by atoms with Crippen LogP contribution in [0.4, 0.5) is 9.18 Å². The van der Waals surface area contributed by atoms with E-state index in [1.54, 1.807) is 17.0 Å². The zero-order valence-electron chi connectivity index (χ0n) is 14.0. The van der Waals surface area contributed by atoms with E-state index in [1.165, 1.54) is 6.07 Å². The van der Waals surface area contributed by atoms with Crippen molar-refractivity contribution < 1.29 is 13.9 Å². The first kappa shape index (κ1) is 18.2. The Hall–Kier alpha value is -1.14. The van der Waals surface area contributed by atoms with E-state index in [-0.39, 0.29) is 24.0 Å².